The Morgan fingerprint density at radius 2 is 1.56 bits per heavy atom. The van der Waals surface area contributed by atoms with Crippen molar-refractivity contribution in [2.75, 3.05) is 33.2 Å². The molecule has 0 radical (unpaired) electrons. The molecule has 2 nitrogen and oxygen atoms in total. The number of rotatable bonds is 9. The molecule has 0 aliphatic carbocycles. The zero-order chi connectivity index (χ0) is 13.3. The fourth-order valence-corrected chi connectivity index (χ4v) is 3.20. The molecule has 1 aliphatic rings. The smallest absolute Gasteiger partial charge is 0.00134 e. The molecular formula is C16H34N2. The zero-order valence-electron chi connectivity index (χ0n) is 12.9. The number of likely N-dealkylation sites (tertiary alicyclic amines) is 1. The van der Waals surface area contributed by atoms with Gasteiger partial charge in [-0.25, -0.2) is 0 Å². The van der Waals surface area contributed by atoms with Crippen LogP contribution in [-0.4, -0.2) is 38.1 Å². The largest absolute Gasteiger partial charge is 0.320 e. The molecule has 1 N–H and O–H groups in total. The van der Waals surface area contributed by atoms with Crippen LogP contribution >= 0.6 is 0 Å². The van der Waals surface area contributed by atoms with E-state index in [4.69, 9.17) is 0 Å². The Morgan fingerprint density at radius 1 is 0.944 bits per heavy atom. The van der Waals surface area contributed by atoms with Crippen LogP contribution in [-0.2, 0) is 0 Å². The molecule has 0 saturated carbocycles. The third kappa shape index (κ3) is 5.27. The van der Waals surface area contributed by atoms with Crippen molar-refractivity contribution in [3.63, 3.8) is 0 Å². The number of nitrogens with one attached hydrogen (secondary N) is 1. The monoisotopic (exact) mass is 254 g/mol. The zero-order valence-corrected chi connectivity index (χ0v) is 12.9. The Labute approximate surface area is 115 Å². The van der Waals surface area contributed by atoms with Crippen LogP contribution in [0.25, 0.3) is 0 Å². The molecule has 1 aliphatic heterocycles. The van der Waals surface area contributed by atoms with Gasteiger partial charge in [-0.3, -0.25) is 0 Å². The Hall–Kier alpha value is -0.0800. The van der Waals surface area contributed by atoms with Gasteiger partial charge in [0, 0.05) is 0 Å². The molecule has 0 aromatic carbocycles. The lowest BCUT2D eigenvalue weighted by Gasteiger charge is -2.41. The molecule has 0 bridgehead atoms. The summed E-state index contributed by atoms with van der Waals surface area (Å²) in [6.45, 7) is 9.96. The first-order valence-corrected chi connectivity index (χ1v) is 8.13. The number of nitrogens with zero attached hydrogens (tertiary/aromatic N) is 1. The molecule has 0 unspecified atom stereocenters. The molecule has 1 heterocycles. The van der Waals surface area contributed by atoms with Gasteiger partial charge in [0.2, 0.25) is 0 Å². The molecule has 2 heteroatoms. The summed E-state index contributed by atoms with van der Waals surface area (Å²) in [5, 5.41) is 3.22. The summed E-state index contributed by atoms with van der Waals surface area (Å²) < 4.78 is 0. The van der Waals surface area contributed by atoms with Crippen molar-refractivity contribution in [1.29, 1.82) is 0 Å². The fourth-order valence-electron chi connectivity index (χ4n) is 3.20. The lowest BCUT2D eigenvalue weighted by atomic mass is 9.74. The molecule has 0 amide bonds. The van der Waals surface area contributed by atoms with E-state index in [1.165, 1.54) is 77.5 Å². The maximum atomic E-state index is 3.22. The van der Waals surface area contributed by atoms with E-state index in [2.05, 4.69) is 24.1 Å². The van der Waals surface area contributed by atoms with E-state index in [-0.39, 0.29) is 0 Å². The lowest BCUT2D eigenvalue weighted by Crippen LogP contribution is -2.39. The lowest BCUT2D eigenvalue weighted by molar-refractivity contribution is 0.0942. The van der Waals surface area contributed by atoms with Crippen LogP contribution < -0.4 is 5.32 Å². The molecule has 18 heavy (non-hydrogen) atoms. The highest BCUT2D eigenvalue weighted by Gasteiger charge is 2.30. The van der Waals surface area contributed by atoms with E-state index in [1.807, 2.05) is 7.05 Å². The normalized spacial score (nSPS) is 20.2. The summed E-state index contributed by atoms with van der Waals surface area (Å²) in [6.07, 6.45) is 11.1. The van der Waals surface area contributed by atoms with Gasteiger partial charge >= 0.3 is 0 Å². The summed E-state index contributed by atoms with van der Waals surface area (Å²) in [6, 6.07) is 0. The van der Waals surface area contributed by atoms with Crippen LogP contribution in [0.2, 0.25) is 0 Å². The van der Waals surface area contributed by atoms with E-state index in [0.717, 1.165) is 0 Å². The minimum absolute atomic E-state index is 0.684. The van der Waals surface area contributed by atoms with Crippen molar-refractivity contribution in [1.82, 2.24) is 10.2 Å². The quantitative estimate of drug-likeness (QED) is 0.632. The van der Waals surface area contributed by atoms with Gasteiger partial charge in [-0.05, 0) is 64.3 Å². The maximum absolute atomic E-state index is 3.22. The van der Waals surface area contributed by atoms with Gasteiger partial charge in [0.15, 0.2) is 0 Å². The number of piperidine rings is 1. The standard InChI is InChI=1S/C16H34N2/c1-4-16(5-2)10-14-18(15-11-16)13-9-7-6-8-12-17-3/h17H,4-15H2,1-3H3. The number of hydrogen-bond donors (Lipinski definition) is 1. The SMILES string of the molecule is CCC1(CC)CCN(CCCCCCNC)CC1. The van der Waals surface area contributed by atoms with Gasteiger partial charge in [0.1, 0.15) is 0 Å². The first kappa shape index (κ1) is 16.0. The van der Waals surface area contributed by atoms with Crippen LogP contribution in [0.15, 0.2) is 0 Å². The second-order valence-corrected chi connectivity index (χ2v) is 6.07. The third-order valence-electron chi connectivity index (χ3n) is 5.07. The predicted octanol–water partition coefficient (Wildman–Crippen LogP) is 3.67. The second-order valence-electron chi connectivity index (χ2n) is 6.07. The van der Waals surface area contributed by atoms with Crippen molar-refractivity contribution in [2.45, 2.75) is 65.2 Å². The summed E-state index contributed by atoms with van der Waals surface area (Å²) in [5.41, 5.74) is 0.684. The minimum atomic E-state index is 0.684. The highest BCUT2D eigenvalue weighted by molar-refractivity contribution is 4.83. The Kier molecular flexibility index (Phi) is 7.92. The molecule has 0 aromatic rings. The molecular weight excluding hydrogens is 220 g/mol. The maximum Gasteiger partial charge on any atom is -0.00134 e. The van der Waals surface area contributed by atoms with Crippen molar-refractivity contribution in [2.24, 2.45) is 5.41 Å². The minimum Gasteiger partial charge on any atom is -0.320 e. The summed E-state index contributed by atoms with van der Waals surface area (Å²) in [7, 11) is 2.04. The second kappa shape index (κ2) is 8.92. The Morgan fingerprint density at radius 3 is 2.11 bits per heavy atom. The van der Waals surface area contributed by atoms with E-state index in [0.29, 0.717) is 5.41 Å². The Bertz CT molecular complexity index is 189. The van der Waals surface area contributed by atoms with Gasteiger partial charge < -0.3 is 10.2 Å². The van der Waals surface area contributed by atoms with E-state index in [1.54, 1.807) is 0 Å². The van der Waals surface area contributed by atoms with Crippen molar-refractivity contribution >= 4 is 0 Å². The van der Waals surface area contributed by atoms with Gasteiger partial charge in [-0.1, -0.05) is 39.5 Å². The highest BCUT2D eigenvalue weighted by Crippen LogP contribution is 2.37. The van der Waals surface area contributed by atoms with Crippen LogP contribution in [0.3, 0.4) is 0 Å². The molecule has 108 valence electrons. The summed E-state index contributed by atoms with van der Waals surface area (Å²) in [4.78, 5) is 2.70. The van der Waals surface area contributed by atoms with Crippen LogP contribution in [0.5, 0.6) is 0 Å². The van der Waals surface area contributed by atoms with E-state index in [9.17, 15) is 0 Å². The summed E-state index contributed by atoms with van der Waals surface area (Å²) in [5.74, 6) is 0. The first-order valence-electron chi connectivity index (χ1n) is 8.13. The average Bonchev–Trinajstić information content (AvgIpc) is 2.43. The molecule has 1 fully saturated rings. The summed E-state index contributed by atoms with van der Waals surface area (Å²) >= 11 is 0. The van der Waals surface area contributed by atoms with Gasteiger partial charge in [-0.15, -0.1) is 0 Å². The van der Waals surface area contributed by atoms with E-state index >= 15 is 0 Å². The van der Waals surface area contributed by atoms with Gasteiger partial charge in [0.25, 0.3) is 0 Å². The topological polar surface area (TPSA) is 15.3 Å². The number of unbranched alkanes of at least 4 members (excludes halogenated alkanes) is 3. The number of hydrogen-bond acceptors (Lipinski definition) is 2. The first-order chi connectivity index (χ1) is 8.76. The Balaban J connectivity index is 2.05. The van der Waals surface area contributed by atoms with Crippen LogP contribution in [0, 0.1) is 5.41 Å². The molecule has 0 atom stereocenters. The third-order valence-corrected chi connectivity index (χ3v) is 5.07. The average molecular weight is 254 g/mol. The fraction of sp³-hybridized carbons (Fsp3) is 1.00. The molecule has 0 spiro atoms. The predicted molar refractivity (Wildman–Crippen MR) is 81.1 cm³/mol. The molecule has 0 aromatic heterocycles. The molecule has 1 rings (SSSR count). The van der Waals surface area contributed by atoms with Crippen molar-refractivity contribution in [3.05, 3.63) is 0 Å². The van der Waals surface area contributed by atoms with E-state index < -0.39 is 0 Å². The van der Waals surface area contributed by atoms with Crippen LogP contribution in [0.4, 0.5) is 0 Å². The van der Waals surface area contributed by atoms with Gasteiger partial charge in [0.05, 0.1) is 0 Å². The molecule has 1 saturated heterocycles. The van der Waals surface area contributed by atoms with Crippen molar-refractivity contribution < 1.29 is 0 Å². The van der Waals surface area contributed by atoms with Crippen molar-refractivity contribution in [3.8, 4) is 0 Å². The van der Waals surface area contributed by atoms with Crippen LogP contribution in [0.1, 0.15) is 65.2 Å². The highest BCUT2D eigenvalue weighted by atomic mass is 15.1. The van der Waals surface area contributed by atoms with Gasteiger partial charge in [-0.2, -0.15) is 0 Å².